The Kier molecular flexibility index (Phi) is 3.90. The first-order valence-electron chi connectivity index (χ1n) is 6.56. The van der Waals surface area contributed by atoms with Gasteiger partial charge in [0.05, 0.1) is 11.8 Å². The summed E-state index contributed by atoms with van der Waals surface area (Å²) in [5.41, 5.74) is 2.99. The molecule has 0 radical (unpaired) electrons. The van der Waals surface area contributed by atoms with Crippen LogP contribution in [0.2, 0.25) is 0 Å². The number of aliphatic hydroxyl groups excluding tert-OH is 1. The molecule has 0 aliphatic heterocycles. The smallest absolute Gasteiger partial charge is 0.123 e. The molecule has 1 unspecified atom stereocenters. The number of hydrogen-bond acceptors (Lipinski definition) is 3. The van der Waals surface area contributed by atoms with Crippen molar-refractivity contribution in [1.82, 2.24) is 4.98 Å². The number of rotatable bonds is 4. The summed E-state index contributed by atoms with van der Waals surface area (Å²) in [5, 5.41) is 13.2. The van der Waals surface area contributed by atoms with Crippen LogP contribution in [0.1, 0.15) is 17.4 Å². The van der Waals surface area contributed by atoms with Gasteiger partial charge in [-0.05, 0) is 5.56 Å². The second-order valence-electron chi connectivity index (χ2n) is 4.64. The summed E-state index contributed by atoms with van der Waals surface area (Å²) in [6.07, 6.45) is 0.0507. The fourth-order valence-corrected chi connectivity index (χ4v) is 2.94. The number of aliphatic hydroxyl groups is 1. The molecule has 0 spiro atoms. The van der Waals surface area contributed by atoms with E-state index in [9.17, 15) is 5.11 Å². The summed E-state index contributed by atoms with van der Waals surface area (Å²) < 4.78 is 0. The van der Waals surface area contributed by atoms with Crippen molar-refractivity contribution in [2.75, 3.05) is 0 Å². The van der Waals surface area contributed by atoms with Crippen molar-refractivity contribution in [3.8, 4) is 10.6 Å². The molecule has 0 aliphatic rings. The van der Waals surface area contributed by atoms with Crippen LogP contribution in [-0.4, -0.2) is 10.1 Å². The molecule has 1 atom stereocenters. The molecule has 0 saturated carbocycles. The van der Waals surface area contributed by atoms with Crippen molar-refractivity contribution in [1.29, 1.82) is 0 Å². The minimum absolute atomic E-state index is 0.498. The van der Waals surface area contributed by atoms with Crippen LogP contribution < -0.4 is 0 Å². The minimum atomic E-state index is -0.498. The molecule has 3 rings (SSSR count). The Morgan fingerprint density at radius 3 is 2.30 bits per heavy atom. The second-order valence-corrected chi connectivity index (χ2v) is 5.50. The molecule has 0 aliphatic carbocycles. The van der Waals surface area contributed by atoms with Crippen LogP contribution in [0.5, 0.6) is 0 Å². The van der Waals surface area contributed by atoms with Crippen LogP contribution in [0, 0.1) is 0 Å². The maximum atomic E-state index is 10.2. The molecule has 1 aromatic heterocycles. The highest BCUT2D eigenvalue weighted by molar-refractivity contribution is 7.13. The zero-order chi connectivity index (χ0) is 13.8. The first kappa shape index (κ1) is 13.0. The Morgan fingerprint density at radius 1 is 0.950 bits per heavy atom. The summed E-state index contributed by atoms with van der Waals surface area (Å²) >= 11 is 1.62. The third kappa shape index (κ3) is 2.95. The van der Waals surface area contributed by atoms with Crippen LogP contribution >= 0.6 is 11.3 Å². The van der Waals surface area contributed by atoms with Gasteiger partial charge in [-0.25, -0.2) is 4.98 Å². The van der Waals surface area contributed by atoms with Gasteiger partial charge in [0.1, 0.15) is 5.01 Å². The van der Waals surface area contributed by atoms with Gasteiger partial charge in [-0.15, -0.1) is 11.3 Å². The van der Waals surface area contributed by atoms with Gasteiger partial charge in [-0.1, -0.05) is 60.7 Å². The Morgan fingerprint density at radius 2 is 1.60 bits per heavy atom. The average molecular weight is 281 g/mol. The van der Waals surface area contributed by atoms with Gasteiger partial charge in [0.25, 0.3) is 0 Å². The molecule has 100 valence electrons. The molecule has 3 heteroatoms. The van der Waals surface area contributed by atoms with E-state index in [-0.39, 0.29) is 0 Å². The van der Waals surface area contributed by atoms with E-state index in [1.807, 2.05) is 53.9 Å². The number of nitrogens with zero attached hydrogens (tertiary/aromatic N) is 1. The highest BCUT2D eigenvalue weighted by Gasteiger charge is 2.11. The minimum Gasteiger partial charge on any atom is -0.388 e. The fraction of sp³-hybridized carbons (Fsp3) is 0.118. The van der Waals surface area contributed by atoms with Crippen molar-refractivity contribution in [2.24, 2.45) is 0 Å². The molecule has 0 amide bonds. The Bertz CT molecular complexity index is 664. The highest BCUT2D eigenvalue weighted by atomic mass is 32.1. The zero-order valence-electron chi connectivity index (χ0n) is 10.9. The molecule has 1 N–H and O–H groups in total. The lowest BCUT2D eigenvalue weighted by Crippen LogP contribution is -2.01. The summed E-state index contributed by atoms with van der Waals surface area (Å²) in [7, 11) is 0. The molecule has 0 fully saturated rings. The topological polar surface area (TPSA) is 33.1 Å². The molecule has 2 nitrogen and oxygen atoms in total. The summed E-state index contributed by atoms with van der Waals surface area (Å²) in [6, 6.07) is 19.8. The van der Waals surface area contributed by atoms with Gasteiger partial charge in [0, 0.05) is 17.4 Å². The van der Waals surface area contributed by atoms with E-state index < -0.39 is 6.10 Å². The Balaban J connectivity index is 1.75. The third-order valence-corrected chi connectivity index (χ3v) is 4.10. The zero-order valence-corrected chi connectivity index (χ0v) is 11.8. The average Bonchev–Trinajstić information content (AvgIpc) is 2.97. The number of thiazole rings is 1. The largest absolute Gasteiger partial charge is 0.388 e. The second kappa shape index (κ2) is 5.99. The van der Waals surface area contributed by atoms with Crippen LogP contribution in [0.15, 0.2) is 66.0 Å². The normalized spacial score (nSPS) is 12.2. The Hall–Kier alpha value is -1.97. The SMILES string of the molecule is OC(Cc1csc(-c2ccccc2)n1)c1ccccc1. The van der Waals surface area contributed by atoms with E-state index in [2.05, 4.69) is 17.1 Å². The van der Waals surface area contributed by atoms with Gasteiger partial charge < -0.3 is 5.11 Å². The molecule has 2 aromatic carbocycles. The third-order valence-electron chi connectivity index (χ3n) is 3.16. The summed E-state index contributed by atoms with van der Waals surface area (Å²) in [4.78, 5) is 4.60. The van der Waals surface area contributed by atoms with Crippen LogP contribution in [0.4, 0.5) is 0 Å². The quantitative estimate of drug-likeness (QED) is 0.781. The van der Waals surface area contributed by atoms with E-state index >= 15 is 0 Å². The Labute approximate surface area is 122 Å². The van der Waals surface area contributed by atoms with Crippen LogP contribution in [0.3, 0.4) is 0 Å². The maximum Gasteiger partial charge on any atom is 0.123 e. The summed E-state index contributed by atoms with van der Waals surface area (Å²) in [5.74, 6) is 0. The highest BCUT2D eigenvalue weighted by Crippen LogP contribution is 2.25. The molecule has 0 bridgehead atoms. The summed E-state index contributed by atoms with van der Waals surface area (Å²) in [6.45, 7) is 0. The van der Waals surface area contributed by atoms with Crippen molar-refractivity contribution in [2.45, 2.75) is 12.5 Å². The van der Waals surface area contributed by atoms with Crippen molar-refractivity contribution < 1.29 is 5.11 Å². The number of aromatic nitrogens is 1. The van der Waals surface area contributed by atoms with Crippen molar-refractivity contribution in [3.63, 3.8) is 0 Å². The van der Waals surface area contributed by atoms with Gasteiger partial charge >= 0.3 is 0 Å². The lowest BCUT2D eigenvalue weighted by atomic mass is 10.1. The van der Waals surface area contributed by atoms with Gasteiger partial charge in [0.2, 0.25) is 0 Å². The van der Waals surface area contributed by atoms with Crippen LogP contribution in [0.25, 0.3) is 10.6 Å². The lowest BCUT2D eigenvalue weighted by Gasteiger charge is -2.08. The predicted octanol–water partition coefficient (Wildman–Crippen LogP) is 4.09. The van der Waals surface area contributed by atoms with Gasteiger partial charge in [-0.2, -0.15) is 0 Å². The van der Waals surface area contributed by atoms with E-state index in [0.29, 0.717) is 6.42 Å². The molecule has 3 aromatic rings. The maximum absolute atomic E-state index is 10.2. The van der Waals surface area contributed by atoms with E-state index in [1.165, 1.54) is 0 Å². The van der Waals surface area contributed by atoms with E-state index in [1.54, 1.807) is 11.3 Å². The van der Waals surface area contributed by atoms with E-state index in [0.717, 1.165) is 21.8 Å². The predicted molar refractivity (Wildman–Crippen MR) is 82.7 cm³/mol. The molecule has 20 heavy (non-hydrogen) atoms. The van der Waals surface area contributed by atoms with E-state index in [4.69, 9.17) is 0 Å². The molecule has 0 saturated heterocycles. The molecular formula is C17H15NOS. The molecular weight excluding hydrogens is 266 g/mol. The standard InChI is InChI=1S/C17H15NOS/c19-16(13-7-3-1-4-8-13)11-15-12-20-17(18-15)14-9-5-2-6-10-14/h1-10,12,16,19H,11H2. The fourth-order valence-electron chi connectivity index (χ4n) is 2.11. The van der Waals surface area contributed by atoms with Crippen molar-refractivity contribution >= 4 is 11.3 Å². The lowest BCUT2D eigenvalue weighted by molar-refractivity contribution is 0.177. The number of benzene rings is 2. The first-order chi connectivity index (χ1) is 9.83. The number of hydrogen-bond donors (Lipinski definition) is 1. The first-order valence-corrected chi connectivity index (χ1v) is 7.44. The van der Waals surface area contributed by atoms with Gasteiger partial charge in [-0.3, -0.25) is 0 Å². The van der Waals surface area contributed by atoms with Gasteiger partial charge in [0.15, 0.2) is 0 Å². The monoisotopic (exact) mass is 281 g/mol. The van der Waals surface area contributed by atoms with Crippen molar-refractivity contribution in [3.05, 3.63) is 77.3 Å². The van der Waals surface area contributed by atoms with Crippen LogP contribution in [-0.2, 0) is 6.42 Å². The molecule has 1 heterocycles.